The Kier molecular flexibility index (Phi) is 12.4. The van der Waals surface area contributed by atoms with Crippen LogP contribution in [0.1, 0.15) is 56.2 Å². The quantitative estimate of drug-likeness (QED) is 0.0644. The highest BCUT2D eigenvalue weighted by Gasteiger charge is 2.09. The van der Waals surface area contributed by atoms with Crippen LogP contribution < -0.4 is 30.4 Å². The first-order valence-corrected chi connectivity index (χ1v) is 14.9. The summed E-state index contributed by atoms with van der Waals surface area (Å²) in [6.45, 7) is 7.72. The summed E-state index contributed by atoms with van der Waals surface area (Å²) in [7, 11) is 1.62. The summed E-state index contributed by atoms with van der Waals surface area (Å²) in [6, 6.07) is 23.1. The van der Waals surface area contributed by atoms with E-state index in [1.165, 1.54) is 0 Å². The van der Waals surface area contributed by atoms with Crippen LogP contribution in [0, 0.1) is 6.92 Å². The Morgan fingerprint density at radius 3 is 1.70 bits per heavy atom. The van der Waals surface area contributed by atoms with Crippen molar-refractivity contribution in [1.29, 1.82) is 0 Å². The van der Waals surface area contributed by atoms with Gasteiger partial charge in [0.1, 0.15) is 17.2 Å². The van der Waals surface area contributed by atoms with Crippen molar-refractivity contribution < 1.29 is 14.2 Å². The lowest BCUT2D eigenvalue weighted by Gasteiger charge is -2.12. The molecule has 1 heterocycles. The van der Waals surface area contributed by atoms with Crippen molar-refractivity contribution in [2.45, 2.75) is 46.5 Å². The van der Waals surface area contributed by atoms with Gasteiger partial charge >= 0.3 is 0 Å². The Hall–Kier alpha value is -5.12. The second-order valence-electron chi connectivity index (χ2n) is 10.1. The van der Waals surface area contributed by atoms with Gasteiger partial charge in [0.15, 0.2) is 11.6 Å². The van der Waals surface area contributed by atoms with Gasteiger partial charge in [0, 0.05) is 6.07 Å². The molecule has 3 N–H and O–H groups in total. The molecule has 3 aromatic carbocycles. The number of aromatic nitrogens is 2. The van der Waals surface area contributed by atoms with Crippen molar-refractivity contribution in [3.05, 3.63) is 89.5 Å². The molecule has 0 fully saturated rings. The van der Waals surface area contributed by atoms with Crippen LogP contribution in [0.5, 0.6) is 17.2 Å². The lowest BCUT2D eigenvalue weighted by molar-refractivity contribution is 0.309. The third-order valence-electron chi connectivity index (χ3n) is 6.41. The second kappa shape index (κ2) is 17.1. The predicted octanol–water partition coefficient (Wildman–Crippen LogP) is 7.79. The van der Waals surface area contributed by atoms with E-state index in [0.29, 0.717) is 36.5 Å². The first kappa shape index (κ1) is 31.8. The van der Waals surface area contributed by atoms with Crippen LogP contribution in [-0.4, -0.2) is 42.7 Å². The number of benzene rings is 3. The van der Waals surface area contributed by atoms with E-state index in [4.69, 9.17) is 14.2 Å². The fraction of sp³-hybridized carbons (Fsp3) is 0.294. The van der Waals surface area contributed by atoms with E-state index >= 15 is 0 Å². The fourth-order valence-corrected chi connectivity index (χ4v) is 3.97. The molecule has 0 atom stereocenters. The Labute approximate surface area is 259 Å². The molecule has 0 aliphatic heterocycles. The molecule has 0 saturated heterocycles. The Bertz CT molecular complexity index is 1420. The Morgan fingerprint density at radius 1 is 0.705 bits per heavy atom. The second-order valence-corrected chi connectivity index (χ2v) is 10.1. The van der Waals surface area contributed by atoms with Gasteiger partial charge in [0.2, 0.25) is 5.95 Å². The zero-order valence-electron chi connectivity index (χ0n) is 25.8. The fourth-order valence-electron chi connectivity index (χ4n) is 3.97. The molecule has 0 spiro atoms. The Balaban J connectivity index is 1.47. The number of nitrogens with one attached hydrogen (secondary N) is 3. The number of unbranched alkanes of at least 4 members (excludes halogenated alkanes) is 2. The summed E-state index contributed by atoms with van der Waals surface area (Å²) in [5, 5.41) is 12.0. The normalized spacial score (nSPS) is 11.1. The highest BCUT2D eigenvalue weighted by atomic mass is 16.5. The SMILES string of the molecule is CCCCOc1ccc(C=NNc2cc(NN=Cc3ccc(OCCCC)cc3)nc(Nc3cc(C)ccc3OC)n2)cc1. The number of anilines is 4. The summed E-state index contributed by atoms with van der Waals surface area (Å²) in [4.78, 5) is 9.20. The van der Waals surface area contributed by atoms with Crippen molar-refractivity contribution in [2.75, 3.05) is 36.5 Å². The van der Waals surface area contributed by atoms with Crippen molar-refractivity contribution >= 4 is 35.7 Å². The molecular weight excluding hydrogens is 554 g/mol. The van der Waals surface area contributed by atoms with Gasteiger partial charge in [-0.2, -0.15) is 20.2 Å². The zero-order chi connectivity index (χ0) is 31.0. The molecule has 44 heavy (non-hydrogen) atoms. The molecule has 0 unspecified atom stereocenters. The largest absolute Gasteiger partial charge is 0.495 e. The van der Waals surface area contributed by atoms with Gasteiger partial charge in [-0.3, -0.25) is 10.9 Å². The minimum absolute atomic E-state index is 0.342. The molecule has 230 valence electrons. The summed E-state index contributed by atoms with van der Waals surface area (Å²) in [6.07, 6.45) is 7.70. The van der Waals surface area contributed by atoms with Crippen LogP contribution in [0.2, 0.25) is 0 Å². The number of hydrazone groups is 2. The average molecular weight is 596 g/mol. The number of ether oxygens (including phenoxy) is 3. The van der Waals surface area contributed by atoms with Crippen LogP contribution in [0.25, 0.3) is 0 Å². The van der Waals surface area contributed by atoms with Crippen LogP contribution in [0.4, 0.5) is 23.3 Å². The van der Waals surface area contributed by atoms with Gasteiger partial charge in [-0.15, -0.1) is 0 Å². The Morgan fingerprint density at radius 2 is 1.23 bits per heavy atom. The molecule has 0 aliphatic carbocycles. The average Bonchev–Trinajstić information content (AvgIpc) is 3.03. The van der Waals surface area contributed by atoms with E-state index in [1.807, 2.05) is 73.7 Å². The number of methoxy groups -OCH3 is 1. The van der Waals surface area contributed by atoms with Gasteiger partial charge in [-0.1, -0.05) is 32.8 Å². The topological polar surface area (TPSA) is 114 Å². The lowest BCUT2D eigenvalue weighted by Crippen LogP contribution is -2.05. The molecule has 0 bridgehead atoms. The molecule has 4 aromatic rings. The van der Waals surface area contributed by atoms with Crippen LogP contribution in [0.15, 0.2) is 83.0 Å². The van der Waals surface area contributed by atoms with Gasteiger partial charge in [0.25, 0.3) is 0 Å². The molecule has 1 aromatic heterocycles. The summed E-state index contributed by atoms with van der Waals surface area (Å²) in [5.74, 6) is 3.64. The number of hydrogen-bond acceptors (Lipinski definition) is 10. The van der Waals surface area contributed by atoms with Crippen LogP contribution >= 0.6 is 0 Å². The highest BCUT2D eigenvalue weighted by molar-refractivity contribution is 5.81. The smallest absolute Gasteiger partial charge is 0.231 e. The lowest BCUT2D eigenvalue weighted by atomic mass is 10.2. The molecule has 0 radical (unpaired) electrons. The third kappa shape index (κ3) is 10.3. The minimum atomic E-state index is 0.342. The number of hydrogen-bond donors (Lipinski definition) is 3. The van der Waals surface area contributed by atoms with Crippen LogP contribution in [0.3, 0.4) is 0 Å². The van der Waals surface area contributed by atoms with Gasteiger partial charge in [-0.25, -0.2) is 0 Å². The number of rotatable bonds is 17. The van der Waals surface area contributed by atoms with Crippen molar-refractivity contribution in [3.8, 4) is 17.2 Å². The zero-order valence-corrected chi connectivity index (χ0v) is 25.8. The summed E-state index contributed by atoms with van der Waals surface area (Å²) < 4.78 is 17.0. The van der Waals surface area contributed by atoms with E-state index < -0.39 is 0 Å². The molecular formula is C34H41N7O3. The van der Waals surface area contributed by atoms with Gasteiger partial charge in [0.05, 0.1) is 38.4 Å². The molecule has 10 nitrogen and oxygen atoms in total. The highest BCUT2D eigenvalue weighted by Crippen LogP contribution is 2.28. The maximum absolute atomic E-state index is 5.74. The van der Waals surface area contributed by atoms with Crippen molar-refractivity contribution in [1.82, 2.24) is 9.97 Å². The minimum Gasteiger partial charge on any atom is -0.495 e. The maximum Gasteiger partial charge on any atom is 0.231 e. The third-order valence-corrected chi connectivity index (χ3v) is 6.41. The van der Waals surface area contributed by atoms with E-state index in [2.05, 4.69) is 50.2 Å². The van der Waals surface area contributed by atoms with Crippen LogP contribution in [-0.2, 0) is 0 Å². The molecule has 0 aliphatic rings. The number of nitrogens with zero attached hydrogens (tertiary/aromatic N) is 4. The summed E-state index contributed by atoms with van der Waals surface area (Å²) in [5.41, 5.74) is 9.65. The van der Waals surface area contributed by atoms with Gasteiger partial charge < -0.3 is 19.5 Å². The molecule has 0 amide bonds. The van der Waals surface area contributed by atoms with Crippen molar-refractivity contribution in [2.24, 2.45) is 10.2 Å². The predicted molar refractivity (Wildman–Crippen MR) is 179 cm³/mol. The molecule has 0 saturated carbocycles. The number of aryl methyl sites for hydroxylation is 1. The first-order valence-electron chi connectivity index (χ1n) is 14.9. The maximum atomic E-state index is 5.74. The van der Waals surface area contributed by atoms with E-state index in [0.717, 1.165) is 59.6 Å². The van der Waals surface area contributed by atoms with Gasteiger partial charge in [-0.05, 0) is 97.1 Å². The first-order chi connectivity index (χ1) is 21.6. The summed E-state index contributed by atoms with van der Waals surface area (Å²) >= 11 is 0. The standard InChI is InChI=1S/C34H41N7O3/c1-5-7-19-43-28-14-10-26(11-15-28)23-35-40-32-22-33(39-34(38-32)37-30-21-25(3)9-18-31(30)42-4)41-36-24-27-12-16-29(17-13-27)44-20-8-6-2/h9-18,21-24H,5-8,19-20H2,1-4H3,(H3,37,38,39,40,41). The van der Waals surface area contributed by atoms with E-state index in [9.17, 15) is 0 Å². The van der Waals surface area contributed by atoms with E-state index in [-0.39, 0.29) is 0 Å². The monoisotopic (exact) mass is 595 g/mol. The molecule has 4 rings (SSSR count). The molecule has 10 heteroatoms. The van der Waals surface area contributed by atoms with E-state index in [1.54, 1.807) is 25.6 Å². The van der Waals surface area contributed by atoms with Crippen molar-refractivity contribution in [3.63, 3.8) is 0 Å².